The van der Waals surface area contributed by atoms with Gasteiger partial charge in [-0.25, -0.2) is 0 Å². The largest absolute Gasteiger partial charge is 0.497 e. The van der Waals surface area contributed by atoms with Gasteiger partial charge in [-0.1, -0.05) is 46.6 Å². The fourth-order valence-electron chi connectivity index (χ4n) is 4.07. The molecule has 0 unspecified atom stereocenters. The quantitative estimate of drug-likeness (QED) is 0.102. The first-order valence-electron chi connectivity index (χ1n) is 15.0. The van der Waals surface area contributed by atoms with E-state index in [2.05, 4.69) is 21.3 Å². The van der Waals surface area contributed by atoms with Gasteiger partial charge in [-0.15, -0.1) is 0 Å². The second-order valence-corrected chi connectivity index (χ2v) is 12.6. The molecular weight excluding hydrogens is 601 g/mol. The van der Waals surface area contributed by atoms with Gasteiger partial charge < -0.3 is 30.7 Å². The highest BCUT2D eigenvalue weighted by molar-refractivity contribution is 8.76. The van der Waals surface area contributed by atoms with E-state index in [0.29, 0.717) is 61.6 Å². The molecule has 0 saturated heterocycles. The summed E-state index contributed by atoms with van der Waals surface area (Å²) in [6.45, 7) is 2.36. The van der Waals surface area contributed by atoms with Crippen molar-refractivity contribution in [2.75, 3.05) is 51.9 Å². The molecule has 4 N–H and O–H groups in total. The first-order valence-corrected chi connectivity index (χ1v) is 17.5. The van der Waals surface area contributed by atoms with Crippen LogP contribution >= 0.6 is 21.6 Å². The summed E-state index contributed by atoms with van der Waals surface area (Å²) in [6.07, 6.45) is 5.88. The normalized spacial score (nSPS) is 10.5. The zero-order valence-electron chi connectivity index (χ0n) is 25.8. The third-order valence-corrected chi connectivity index (χ3v) is 8.90. The molecule has 0 aliphatic carbocycles. The van der Waals surface area contributed by atoms with Crippen molar-refractivity contribution in [3.63, 3.8) is 0 Å². The Kier molecular flexibility index (Phi) is 19.3. The number of carbonyl (C=O) groups excluding carboxylic acids is 4. The van der Waals surface area contributed by atoms with E-state index < -0.39 is 0 Å². The molecule has 0 heterocycles. The van der Waals surface area contributed by atoms with Crippen molar-refractivity contribution < 1.29 is 28.7 Å². The van der Waals surface area contributed by atoms with Crippen LogP contribution in [0.4, 0.5) is 0 Å². The minimum atomic E-state index is -0.128. The molecule has 0 saturated carbocycles. The fourth-order valence-corrected chi connectivity index (χ4v) is 5.88. The van der Waals surface area contributed by atoms with Crippen LogP contribution in [0.2, 0.25) is 0 Å². The number of unbranched alkanes of at least 4 members (excludes halogenated alkanes) is 4. The van der Waals surface area contributed by atoms with Crippen LogP contribution in [-0.4, -0.2) is 75.5 Å². The van der Waals surface area contributed by atoms with E-state index in [1.165, 1.54) is 0 Å². The molecular formula is C32H46N4O6S2. The maximum absolute atomic E-state index is 12.2. The Labute approximate surface area is 269 Å². The van der Waals surface area contributed by atoms with Crippen LogP contribution in [0.25, 0.3) is 0 Å². The summed E-state index contributed by atoms with van der Waals surface area (Å²) in [4.78, 5) is 48.4. The van der Waals surface area contributed by atoms with Gasteiger partial charge in [0.15, 0.2) is 0 Å². The van der Waals surface area contributed by atoms with E-state index in [1.807, 2.05) is 0 Å². The van der Waals surface area contributed by atoms with E-state index in [0.717, 1.165) is 50.0 Å². The predicted molar refractivity (Wildman–Crippen MR) is 179 cm³/mol. The van der Waals surface area contributed by atoms with Crippen LogP contribution in [0.1, 0.15) is 72.1 Å². The van der Waals surface area contributed by atoms with Crippen LogP contribution < -0.4 is 30.7 Å². The van der Waals surface area contributed by atoms with Gasteiger partial charge in [0.2, 0.25) is 11.8 Å². The highest BCUT2D eigenvalue weighted by Crippen LogP contribution is 2.19. The molecule has 12 heteroatoms. The van der Waals surface area contributed by atoms with Gasteiger partial charge in [0, 0.05) is 61.7 Å². The number of methoxy groups -OCH3 is 2. The van der Waals surface area contributed by atoms with Gasteiger partial charge >= 0.3 is 0 Å². The van der Waals surface area contributed by atoms with Crippen LogP contribution in [0.3, 0.4) is 0 Å². The number of ether oxygens (including phenoxy) is 2. The summed E-state index contributed by atoms with van der Waals surface area (Å²) in [5.74, 6) is 2.73. The van der Waals surface area contributed by atoms with E-state index in [-0.39, 0.29) is 23.6 Å². The first kappa shape index (κ1) is 36.8. The Bertz CT molecular complexity index is 1080. The standard InChI is InChI=1S/C32H46N4O6S2/c1-41-27-13-9-11-25(23-27)31(39)35-17-7-3-5-15-29(37)33-19-21-43-44-22-20-34-30(38)16-6-4-8-18-36-32(40)26-12-10-14-28(24-26)42-2/h9-14,23-24H,3-8,15-22H2,1-2H3,(H,33,37)(H,34,38)(H,35,39)(H,36,40). The number of nitrogens with one attached hydrogen (secondary N) is 4. The highest BCUT2D eigenvalue weighted by Gasteiger charge is 2.08. The SMILES string of the molecule is COc1cccc(C(=O)NCCCCCC(=O)NCCSSCCNC(=O)CCCCCNC(=O)c2cccc(OC)c2)c1. The summed E-state index contributed by atoms with van der Waals surface area (Å²) in [7, 11) is 6.49. The molecule has 0 atom stereocenters. The lowest BCUT2D eigenvalue weighted by molar-refractivity contribution is -0.121. The second kappa shape index (κ2) is 23.1. The van der Waals surface area contributed by atoms with Crippen LogP contribution in [0.15, 0.2) is 48.5 Å². The maximum atomic E-state index is 12.2. The minimum Gasteiger partial charge on any atom is -0.497 e. The zero-order chi connectivity index (χ0) is 31.8. The predicted octanol–water partition coefficient (Wildman–Crippen LogP) is 4.60. The van der Waals surface area contributed by atoms with E-state index >= 15 is 0 Å². The van der Waals surface area contributed by atoms with Crippen molar-refractivity contribution in [3.05, 3.63) is 59.7 Å². The lowest BCUT2D eigenvalue weighted by Crippen LogP contribution is -2.26. The number of rotatable bonds is 23. The molecule has 0 spiro atoms. The number of hydrogen-bond donors (Lipinski definition) is 4. The molecule has 0 aliphatic rings. The zero-order valence-corrected chi connectivity index (χ0v) is 27.4. The van der Waals surface area contributed by atoms with Crippen LogP contribution in [0.5, 0.6) is 11.5 Å². The molecule has 0 aromatic heterocycles. The average Bonchev–Trinajstić information content (AvgIpc) is 3.05. The third kappa shape index (κ3) is 16.5. The number of benzene rings is 2. The number of amides is 4. The average molecular weight is 647 g/mol. The van der Waals surface area contributed by atoms with Gasteiger partial charge in [0.1, 0.15) is 11.5 Å². The Morgan fingerprint density at radius 3 is 1.41 bits per heavy atom. The summed E-state index contributed by atoms with van der Waals surface area (Å²) in [6, 6.07) is 14.1. The van der Waals surface area contributed by atoms with Crippen molar-refractivity contribution in [2.24, 2.45) is 0 Å². The summed E-state index contributed by atoms with van der Waals surface area (Å²) < 4.78 is 10.3. The molecule has 0 radical (unpaired) electrons. The Morgan fingerprint density at radius 1 is 0.568 bits per heavy atom. The van der Waals surface area contributed by atoms with Crippen molar-refractivity contribution in [2.45, 2.75) is 51.4 Å². The molecule has 44 heavy (non-hydrogen) atoms. The Morgan fingerprint density at radius 2 is 1.00 bits per heavy atom. The van der Waals surface area contributed by atoms with Gasteiger partial charge in [-0.3, -0.25) is 19.2 Å². The minimum absolute atomic E-state index is 0.0440. The molecule has 0 fully saturated rings. The van der Waals surface area contributed by atoms with Gasteiger partial charge in [-0.05, 0) is 62.1 Å². The molecule has 242 valence electrons. The Balaban J connectivity index is 1.34. The summed E-state index contributed by atoms with van der Waals surface area (Å²) >= 11 is 0. The van der Waals surface area contributed by atoms with Crippen LogP contribution in [0, 0.1) is 0 Å². The van der Waals surface area contributed by atoms with Crippen molar-refractivity contribution in [3.8, 4) is 11.5 Å². The summed E-state index contributed by atoms with van der Waals surface area (Å²) in [5.41, 5.74) is 1.14. The molecule has 2 aromatic carbocycles. The van der Waals surface area contributed by atoms with Gasteiger partial charge in [0.25, 0.3) is 11.8 Å². The second-order valence-electron chi connectivity index (χ2n) is 9.94. The van der Waals surface area contributed by atoms with E-state index in [9.17, 15) is 19.2 Å². The lowest BCUT2D eigenvalue weighted by Gasteiger charge is -2.08. The third-order valence-electron chi connectivity index (χ3n) is 6.49. The summed E-state index contributed by atoms with van der Waals surface area (Å²) in [5, 5.41) is 11.7. The fraction of sp³-hybridized carbons (Fsp3) is 0.500. The molecule has 4 amide bonds. The maximum Gasteiger partial charge on any atom is 0.251 e. The Hall–Kier alpha value is -3.38. The number of hydrogen-bond acceptors (Lipinski definition) is 8. The highest BCUT2D eigenvalue weighted by atomic mass is 33.1. The molecule has 0 aliphatic heterocycles. The first-order chi connectivity index (χ1) is 21.4. The molecule has 0 bridgehead atoms. The van der Waals surface area contributed by atoms with Crippen molar-refractivity contribution in [1.29, 1.82) is 0 Å². The van der Waals surface area contributed by atoms with E-state index in [1.54, 1.807) is 84.3 Å². The lowest BCUT2D eigenvalue weighted by atomic mass is 10.1. The monoisotopic (exact) mass is 646 g/mol. The molecule has 2 aromatic rings. The van der Waals surface area contributed by atoms with Crippen molar-refractivity contribution in [1.82, 2.24) is 21.3 Å². The molecule has 10 nitrogen and oxygen atoms in total. The smallest absolute Gasteiger partial charge is 0.251 e. The number of carbonyl (C=O) groups is 4. The van der Waals surface area contributed by atoms with Crippen molar-refractivity contribution >= 4 is 45.2 Å². The van der Waals surface area contributed by atoms with E-state index in [4.69, 9.17) is 9.47 Å². The molecule has 2 rings (SSSR count). The topological polar surface area (TPSA) is 135 Å². The van der Waals surface area contributed by atoms with Gasteiger partial charge in [0.05, 0.1) is 14.2 Å². The van der Waals surface area contributed by atoms with Crippen LogP contribution in [-0.2, 0) is 9.59 Å². The van der Waals surface area contributed by atoms with Gasteiger partial charge in [-0.2, -0.15) is 0 Å².